The first-order valence-electron chi connectivity index (χ1n) is 19.4. The molecule has 57 heavy (non-hydrogen) atoms. The van der Waals surface area contributed by atoms with Crippen molar-refractivity contribution in [2.45, 2.75) is 0 Å². The number of aromatic nitrogens is 4. The van der Waals surface area contributed by atoms with E-state index in [0.29, 0.717) is 5.95 Å². The Bertz CT molecular complexity index is 3800. The summed E-state index contributed by atoms with van der Waals surface area (Å²) in [4.78, 5) is 11.2. The molecular formula is C52H30N4S. The number of hydrogen-bond acceptors (Lipinski definition) is 3. The first-order chi connectivity index (χ1) is 28.3. The molecule has 0 fully saturated rings. The van der Waals surface area contributed by atoms with Crippen LogP contribution >= 0.6 is 11.3 Å². The SMILES string of the molecule is c1ccc(-c2nc(-n3c4ccccc4c4c5c6ccccc6c6ccccc6c5c5c6ccccc6n(-c6ccccc6)c5c43)nc3c2sc2ccccc23)cc1. The van der Waals surface area contributed by atoms with Gasteiger partial charge in [-0.15, -0.1) is 11.3 Å². The first kappa shape index (κ1) is 30.9. The average molecular weight is 743 g/mol. The van der Waals surface area contributed by atoms with Crippen molar-refractivity contribution < 1.29 is 0 Å². The fourth-order valence-electron chi connectivity index (χ4n) is 9.62. The van der Waals surface area contributed by atoms with Crippen LogP contribution in [0.3, 0.4) is 0 Å². The van der Waals surface area contributed by atoms with Crippen molar-refractivity contribution in [1.82, 2.24) is 19.1 Å². The first-order valence-corrected chi connectivity index (χ1v) is 20.2. The fraction of sp³-hybridized carbons (Fsp3) is 0. The summed E-state index contributed by atoms with van der Waals surface area (Å²) in [5.74, 6) is 0.659. The van der Waals surface area contributed by atoms with Crippen LogP contribution < -0.4 is 0 Å². The minimum atomic E-state index is 0.659. The molecule has 5 heteroatoms. The van der Waals surface area contributed by atoms with Crippen LogP contribution in [-0.2, 0) is 0 Å². The second-order valence-corrected chi connectivity index (χ2v) is 15.9. The Kier molecular flexibility index (Phi) is 6.29. The molecule has 0 bridgehead atoms. The van der Waals surface area contributed by atoms with Crippen LogP contribution in [0.2, 0.25) is 0 Å². The lowest BCUT2D eigenvalue weighted by molar-refractivity contribution is 1.02. The topological polar surface area (TPSA) is 35.6 Å². The lowest BCUT2D eigenvalue weighted by atomic mass is 9.89. The van der Waals surface area contributed by atoms with E-state index in [0.717, 1.165) is 54.6 Å². The number of fused-ring (bicyclic) bond motifs is 18. The third-order valence-corrected chi connectivity index (χ3v) is 13.0. The molecule has 0 spiro atoms. The molecule has 0 aliphatic heterocycles. The highest BCUT2D eigenvalue weighted by Gasteiger charge is 2.28. The van der Waals surface area contributed by atoms with E-state index >= 15 is 0 Å². The van der Waals surface area contributed by atoms with Gasteiger partial charge in [-0.05, 0) is 51.9 Å². The number of hydrogen-bond donors (Lipinski definition) is 0. The Labute approximate surface area is 330 Å². The van der Waals surface area contributed by atoms with Gasteiger partial charge in [0.1, 0.15) is 0 Å². The molecule has 9 aromatic carbocycles. The van der Waals surface area contributed by atoms with Gasteiger partial charge in [-0.1, -0.05) is 152 Å². The summed E-state index contributed by atoms with van der Waals surface area (Å²) in [5.41, 5.74) is 8.57. The molecule has 0 saturated heterocycles. The number of benzene rings is 9. The molecule has 4 aromatic heterocycles. The van der Waals surface area contributed by atoms with Crippen molar-refractivity contribution in [3.8, 4) is 22.9 Å². The van der Waals surface area contributed by atoms with Gasteiger partial charge in [-0.25, -0.2) is 9.97 Å². The Morgan fingerprint density at radius 2 is 0.842 bits per heavy atom. The van der Waals surface area contributed by atoms with Gasteiger partial charge in [0.2, 0.25) is 5.95 Å². The van der Waals surface area contributed by atoms with Crippen molar-refractivity contribution in [2.75, 3.05) is 0 Å². The number of rotatable bonds is 3. The quantitative estimate of drug-likeness (QED) is 0.169. The zero-order chi connectivity index (χ0) is 37.2. The van der Waals surface area contributed by atoms with E-state index < -0.39 is 0 Å². The van der Waals surface area contributed by atoms with Gasteiger partial charge in [0.25, 0.3) is 0 Å². The van der Waals surface area contributed by atoms with Gasteiger partial charge >= 0.3 is 0 Å². The summed E-state index contributed by atoms with van der Waals surface area (Å²) in [5, 5.41) is 13.5. The van der Waals surface area contributed by atoms with E-state index in [4.69, 9.17) is 9.97 Å². The van der Waals surface area contributed by atoms with Crippen molar-refractivity contribution in [1.29, 1.82) is 0 Å². The van der Waals surface area contributed by atoms with Crippen molar-refractivity contribution in [3.05, 3.63) is 182 Å². The number of para-hydroxylation sites is 3. The Morgan fingerprint density at radius 1 is 0.368 bits per heavy atom. The van der Waals surface area contributed by atoms with Gasteiger partial charge in [-0.3, -0.25) is 4.57 Å². The van der Waals surface area contributed by atoms with Crippen LogP contribution in [0.25, 0.3) is 119 Å². The molecule has 0 amide bonds. The summed E-state index contributed by atoms with van der Waals surface area (Å²) in [6, 6.07) is 65.7. The molecule has 4 nitrogen and oxygen atoms in total. The molecule has 0 saturated carbocycles. The zero-order valence-corrected chi connectivity index (χ0v) is 31.3. The van der Waals surface area contributed by atoms with Crippen molar-refractivity contribution in [2.24, 2.45) is 0 Å². The van der Waals surface area contributed by atoms with Gasteiger partial charge in [0, 0.05) is 53.7 Å². The molecule has 264 valence electrons. The predicted molar refractivity (Wildman–Crippen MR) is 242 cm³/mol. The molecule has 0 aliphatic rings. The highest BCUT2D eigenvalue weighted by molar-refractivity contribution is 7.26. The normalized spacial score (nSPS) is 12.2. The van der Waals surface area contributed by atoms with Gasteiger partial charge < -0.3 is 4.57 Å². The fourth-order valence-corrected chi connectivity index (χ4v) is 10.8. The molecule has 0 aliphatic carbocycles. The van der Waals surface area contributed by atoms with Gasteiger partial charge in [-0.2, -0.15) is 0 Å². The third-order valence-electron chi connectivity index (χ3n) is 11.9. The van der Waals surface area contributed by atoms with E-state index in [2.05, 4.69) is 191 Å². The minimum absolute atomic E-state index is 0.659. The van der Waals surface area contributed by atoms with E-state index in [1.165, 1.54) is 58.6 Å². The van der Waals surface area contributed by atoms with Crippen molar-refractivity contribution >= 4 is 108 Å². The maximum atomic E-state index is 5.62. The summed E-state index contributed by atoms with van der Waals surface area (Å²) in [6.07, 6.45) is 0. The molecular weight excluding hydrogens is 713 g/mol. The largest absolute Gasteiger partial charge is 0.307 e. The predicted octanol–water partition coefficient (Wildman–Crippen LogP) is 14.2. The Morgan fingerprint density at radius 3 is 1.47 bits per heavy atom. The second-order valence-electron chi connectivity index (χ2n) is 14.8. The van der Waals surface area contributed by atoms with Crippen molar-refractivity contribution in [3.63, 3.8) is 0 Å². The van der Waals surface area contributed by atoms with Gasteiger partial charge in [0.15, 0.2) is 0 Å². The van der Waals surface area contributed by atoms with Crippen LogP contribution in [-0.4, -0.2) is 19.1 Å². The summed E-state index contributed by atoms with van der Waals surface area (Å²) >= 11 is 1.77. The average Bonchev–Trinajstić information content (AvgIpc) is 3.95. The molecule has 0 radical (unpaired) electrons. The summed E-state index contributed by atoms with van der Waals surface area (Å²) < 4.78 is 7.14. The Hall–Kier alpha value is -7.34. The minimum Gasteiger partial charge on any atom is -0.307 e. The van der Waals surface area contributed by atoms with Crippen LogP contribution in [0.5, 0.6) is 0 Å². The van der Waals surface area contributed by atoms with Gasteiger partial charge in [0.05, 0.1) is 38.0 Å². The molecule has 13 rings (SSSR count). The van der Waals surface area contributed by atoms with Crippen LogP contribution in [0.1, 0.15) is 0 Å². The van der Waals surface area contributed by atoms with Crippen LogP contribution in [0.15, 0.2) is 182 Å². The highest BCUT2D eigenvalue weighted by atomic mass is 32.1. The maximum Gasteiger partial charge on any atom is 0.235 e. The lowest BCUT2D eigenvalue weighted by Crippen LogP contribution is -2.04. The van der Waals surface area contributed by atoms with Crippen LogP contribution in [0.4, 0.5) is 0 Å². The molecule has 0 atom stereocenters. The third kappa shape index (κ3) is 4.16. The number of nitrogens with zero attached hydrogens (tertiary/aromatic N) is 4. The standard InChI is InChI=1S/C52H30N4S/c1-3-17-31(18-4-1)47-51-48(39-27-13-16-30-42(39)57-51)54-52(53-47)56-41-29-15-12-26-38(41)46-44-36-24-10-8-22-34(36)33-21-7-9-23-35(33)43(44)45-37-25-11-14-28-40(37)55(49(45)50(46)56)32-19-5-2-6-20-32/h1-30H. The summed E-state index contributed by atoms with van der Waals surface area (Å²) in [6.45, 7) is 0. The molecule has 4 heterocycles. The Balaban J connectivity index is 1.36. The zero-order valence-electron chi connectivity index (χ0n) is 30.5. The smallest absolute Gasteiger partial charge is 0.235 e. The monoisotopic (exact) mass is 742 g/mol. The molecule has 0 N–H and O–H groups in total. The van der Waals surface area contributed by atoms with E-state index in [1.807, 2.05) is 0 Å². The molecule has 0 unspecified atom stereocenters. The van der Waals surface area contributed by atoms with Crippen LogP contribution in [0, 0.1) is 0 Å². The lowest BCUT2D eigenvalue weighted by Gasteiger charge is -2.16. The van der Waals surface area contributed by atoms with E-state index in [9.17, 15) is 0 Å². The van der Waals surface area contributed by atoms with E-state index in [-0.39, 0.29) is 0 Å². The summed E-state index contributed by atoms with van der Waals surface area (Å²) in [7, 11) is 0. The van der Waals surface area contributed by atoms with E-state index in [1.54, 1.807) is 11.3 Å². The highest BCUT2D eigenvalue weighted by Crippen LogP contribution is 2.51. The number of thiophene rings is 1. The molecule has 13 aromatic rings. The second kappa shape index (κ2) is 11.6. The maximum absolute atomic E-state index is 5.62.